The smallest absolute Gasteiger partial charge is 0.242 e. The largest absolute Gasteiger partial charge is 0.339 e. The number of sulfonamides is 1. The highest BCUT2D eigenvalue weighted by atomic mass is 32.2. The lowest BCUT2D eigenvalue weighted by atomic mass is 10.2. The summed E-state index contributed by atoms with van der Waals surface area (Å²) in [6, 6.07) is 17.0. The summed E-state index contributed by atoms with van der Waals surface area (Å²) in [5, 5.41) is 1.24. The van der Waals surface area contributed by atoms with Crippen LogP contribution in [0.2, 0.25) is 0 Å². The van der Waals surface area contributed by atoms with Crippen LogP contribution in [0.25, 0.3) is 17.1 Å². The van der Waals surface area contributed by atoms with Gasteiger partial charge in [0.1, 0.15) is 12.4 Å². The Kier molecular flexibility index (Phi) is 5.69. The SMILES string of the molecule is Cc1nc2ccccc2n1CC(=O)N1CCN(S(=O)(=O)/C=C/c2ccccc2)CC1. The molecule has 2 heterocycles. The molecule has 1 aliphatic heterocycles. The Labute approximate surface area is 176 Å². The van der Waals surface area contributed by atoms with Crippen LogP contribution in [-0.4, -0.2) is 59.3 Å². The maximum absolute atomic E-state index is 12.8. The average molecular weight is 425 g/mol. The molecule has 7 nitrogen and oxygen atoms in total. The second-order valence-electron chi connectivity index (χ2n) is 7.27. The van der Waals surface area contributed by atoms with Gasteiger partial charge in [-0.2, -0.15) is 4.31 Å². The molecule has 0 saturated carbocycles. The fourth-order valence-corrected chi connectivity index (χ4v) is 4.81. The summed E-state index contributed by atoms with van der Waals surface area (Å²) in [6.45, 7) is 3.42. The van der Waals surface area contributed by atoms with Crippen molar-refractivity contribution < 1.29 is 13.2 Å². The van der Waals surface area contributed by atoms with Crippen molar-refractivity contribution in [2.24, 2.45) is 0 Å². The number of fused-ring (bicyclic) bond motifs is 1. The van der Waals surface area contributed by atoms with E-state index in [-0.39, 0.29) is 25.5 Å². The van der Waals surface area contributed by atoms with Crippen LogP contribution in [0.4, 0.5) is 0 Å². The molecular weight excluding hydrogens is 400 g/mol. The van der Waals surface area contributed by atoms with Gasteiger partial charge >= 0.3 is 0 Å². The topological polar surface area (TPSA) is 75.5 Å². The lowest BCUT2D eigenvalue weighted by molar-refractivity contribution is -0.133. The fourth-order valence-electron chi connectivity index (χ4n) is 3.64. The monoisotopic (exact) mass is 424 g/mol. The van der Waals surface area contributed by atoms with Crippen LogP contribution >= 0.6 is 0 Å². The molecule has 0 aliphatic carbocycles. The molecule has 0 bridgehead atoms. The molecule has 8 heteroatoms. The first kappa shape index (κ1) is 20.3. The number of para-hydroxylation sites is 2. The number of amides is 1. The molecule has 0 spiro atoms. The Hall–Kier alpha value is -2.97. The van der Waals surface area contributed by atoms with E-state index in [0.717, 1.165) is 22.4 Å². The Bertz CT molecular complexity index is 1180. The third-order valence-electron chi connectivity index (χ3n) is 5.32. The van der Waals surface area contributed by atoms with Gasteiger partial charge in [-0.1, -0.05) is 42.5 Å². The zero-order chi connectivity index (χ0) is 21.1. The van der Waals surface area contributed by atoms with E-state index < -0.39 is 10.0 Å². The van der Waals surface area contributed by atoms with Crippen LogP contribution in [0.1, 0.15) is 11.4 Å². The molecule has 1 fully saturated rings. The number of piperazine rings is 1. The summed E-state index contributed by atoms with van der Waals surface area (Å²) in [7, 11) is -3.52. The van der Waals surface area contributed by atoms with Crippen LogP contribution in [0.5, 0.6) is 0 Å². The normalized spacial score (nSPS) is 15.8. The number of imidazole rings is 1. The number of carbonyl (C=O) groups is 1. The summed E-state index contributed by atoms with van der Waals surface area (Å²) in [6.07, 6.45) is 1.60. The number of carbonyl (C=O) groups excluding carboxylic acids is 1. The third kappa shape index (κ3) is 4.29. The van der Waals surface area contributed by atoms with Crippen LogP contribution in [0, 0.1) is 6.92 Å². The van der Waals surface area contributed by atoms with E-state index >= 15 is 0 Å². The molecule has 0 radical (unpaired) electrons. The molecule has 2 aromatic carbocycles. The van der Waals surface area contributed by atoms with Gasteiger partial charge in [0.05, 0.1) is 11.0 Å². The van der Waals surface area contributed by atoms with Crippen molar-refractivity contribution in [1.29, 1.82) is 0 Å². The van der Waals surface area contributed by atoms with Crippen molar-refractivity contribution >= 4 is 33.0 Å². The molecule has 1 aliphatic rings. The average Bonchev–Trinajstić information content (AvgIpc) is 3.08. The summed E-state index contributed by atoms with van der Waals surface area (Å²) >= 11 is 0. The molecule has 1 amide bonds. The van der Waals surface area contributed by atoms with Crippen LogP contribution in [0.15, 0.2) is 60.0 Å². The number of hydrogen-bond acceptors (Lipinski definition) is 4. The van der Waals surface area contributed by atoms with E-state index in [1.165, 1.54) is 9.71 Å². The first-order chi connectivity index (χ1) is 14.4. The maximum Gasteiger partial charge on any atom is 0.242 e. The van der Waals surface area contributed by atoms with Gasteiger partial charge in [-0.15, -0.1) is 0 Å². The highest BCUT2D eigenvalue weighted by Gasteiger charge is 2.27. The van der Waals surface area contributed by atoms with Crippen molar-refractivity contribution in [3.05, 3.63) is 71.4 Å². The Balaban J connectivity index is 1.38. The van der Waals surface area contributed by atoms with Gasteiger partial charge in [-0.05, 0) is 30.7 Å². The zero-order valence-electron chi connectivity index (χ0n) is 16.8. The molecule has 4 rings (SSSR count). The zero-order valence-corrected chi connectivity index (χ0v) is 17.6. The number of benzene rings is 2. The lowest BCUT2D eigenvalue weighted by Crippen LogP contribution is -2.50. The van der Waals surface area contributed by atoms with Crippen molar-refractivity contribution in [3.8, 4) is 0 Å². The van der Waals surface area contributed by atoms with E-state index in [2.05, 4.69) is 4.98 Å². The van der Waals surface area contributed by atoms with Crippen LogP contribution in [0.3, 0.4) is 0 Å². The molecule has 1 aromatic heterocycles. The number of rotatable bonds is 5. The van der Waals surface area contributed by atoms with Crippen LogP contribution in [-0.2, 0) is 21.4 Å². The Morgan fingerprint density at radius 1 is 1.00 bits per heavy atom. The fraction of sp³-hybridized carbons (Fsp3) is 0.273. The Morgan fingerprint density at radius 2 is 1.67 bits per heavy atom. The van der Waals surface area contributed by atoms with E-state index in [1.807, 2.05) is 66.1 Å². The molecule has 0 unspecified atom stereocenters. The van der Waals surface area contributed by atoms with Crippen molar-refractivity contribution in [2.75, 3.05) is 26.2 Å². The standard InChI is InChI=1S/C22H24N4O3S/c1-18-23-20-9-5-6-10-21(20)26(18)17-22(27)24-12-14-25(15-13-24)30(28,29)16-11-19-7-3-2-4-8-19/h2-11,16H,12-15,17H2,1H3/b16-11+. The molecule has 3 aromatic rings. The highest BCUT2D eigenvalue weighted by Crippen LogP contribution is 2.17. The van der Waals surface area contributed by atoms with Crippen molar-refractivity contribution in [3.63, 3.8) is 0 Å². The predicted octanol–water partition coefficient (Wildman–Crippen LogP) is 2.49. The summed E-state index contributed by atoms with van der Waals surface area (Å²) < 4.78 is 28.5. The predicted molar refractivity (Wildman–Crippen MR) is 117 cm³/mol. The summed E-state index contributed by atoms with van der Waals surface area (Å²) in [5.74, 6) is 0.759. The second kappa shape index (κ2) is 8.41. The third-order valence-corrected chi connectivity index (χ3v) is 6.89. The Morgan fingerprint density at radius 3 is 2.40 bits per heavy atom. The van der Waals surface area contributed by atoms with Crippen LogP contribution < -0.4 is 0 Å². The molecule has 0 atom stereocenters. The molecule has 0 N–H and O–H groups in total. The van der Waals surface area contributed by atoms with Gasteiger partial charge in [0, 0.05) is 31.6 Å². The number of nitrogens with zero attached hydrogens (tertiary/aromatic N) is 4. The molecule has 1 saturated heterocycles. The highest BCUT2D eigenvalue weighted by molar-refractivity contribution is 7.92. The van der Waals surface area contributed by atoms with E-state index in [4.69, 9.17) is 0 Å². The number of hydrogen-bond donors (Lipinski definition) is 0. The number of aryl methyl sites for hydroxylation is 1. The minimum absolute atomic E-state index is 0.0295. The van der Waals surface area contributed by atoms with Gasteiger partial charge in [0.2, 0.25) is 15.9 Å². The first-order valence-electron chi connectivity index (χ1n) is 9.87. The van der Waals surface area contributed by atoms with E-state index in [1.54, 1.807) is 11.0 Å². The second-order valence-corrected chi connectivity index (χ2v) is 9.09. The van der Waals surface area contributed by atoms with Gasteiger partial charge in [0.25, 0.3) is 0 Å². The molecule has 30 heavy (non-hydrogen) atoms. The first-order valence-corrected chi connectivity index (χ1v) is 11.4. The van der Waals surface area contributed by atoms with E-state index in [0.29, 0.717) is 13.1 Å². The maximum atomic E-state index is 12.8. The summed E-state index contributed by atoms with van der Waals surface area (Å²) in [4.78, 5) is 19.0. The van der Waals surface area contributed by atoms with Crippen molar-refractivity contribution in [1.82, 2.24) is 18.8 Å². The summed E-state index contributed by atoms with van der Waals surface area (Å²) in [5.41, 5.74) is 2.62. The minimum atomic E-state index is -3.52. The van der Waals surface area contributed by atoms with Gasteiger partial charge in [-0.3, -0.25) is 4.79 Å². The minimum Gasteiger partial charge on any atom is -0.339 e. The van der Waals surface area contributed by atoms with Crippen molar-refractivity contribution in [2.45, 2.75) is 13.5 Å². The molecular formula is C22H24N4O3S. The van der Waals surface area contributed by atoms with Gasteiger partial charge in [-0.25, -0.2) is 13.4 Å². The number of aromatic nitrogens is 2. The van der Waals surface area contributed by atoms with E-state index in [9.17, 15) is 13.2 Å². The van der Waals surface area contributed by atoms with Gasteiger partial charge < -0.3 is 9.47 Å². The lowest BCUT2D eigenvalue weighted by Gasteiger charge is -2.33. The quantitative estimate of drug-likeness (QED) is 0.631. The van der Waals surface area contributed by atoms with Gasteiger partial charge in [0.15, 0.2) is 0 Å². The molecule has 156 valence electrons.